The number of benzene rings is 1. The maximum atomic E-state index is 13.0. The second kappa shape index (κ2) is 7.11. The van der Waals surface area contributed by atoms with E-state index >= 15 is 0 Å². The van der Waals surface area contributed by atoms with Crippen LogP contribution in [-0.4, -0.2) is 30.3 Å². The molecule has 3 aromatic heterocycles. The molecule has 0 bridgehead atoms. The fourth-order valence-electron chi connectivity index (χ4n) is 2.11. The number of hydrogen-bond donors (Lipinski definition) is 0. The number of halogens is 1. The Bertz CT molecular complexity index is 951. The van der Waals surface area contributed by atoms with Gasteiger partial charge in [0.25, 0.3) is 0 Å². The lowest BCUT2D eigenvalue weighted by Crippen LogP contribution is -2.02. The standard InChI is InChI=1S/C15H11FN6OS2/c16-11-5-3-10(4-6-11)14-17-13(23-19-14)9-25-15-18-20-21-22(15)8-12-2-1-7-24-12/h1-7H,8-9H2. The topological polar surface area (TPSA) is 82.5 Å². The molecule has 3 heterocycles. The molecule has 0 aliphatic heterocycles. The number of thioether (sulfide) groups is 1. The molecule has 0 unspecified atom stereocenters. The smallest absolute Gasteiger partial charge is 0.237 e. The Labute approximate surface area is 149 Å². The van der Waals surface area contributed by atoms with Crippen LogP contribution in [0, 0.1) is 5.82 Å². The minimum atomic E-state index is -0.305. The Hall–Kier alpha value is -2.59. The van der Waals surface area contributed by atoms with Crippen molar-refractivity contribution in [3.8, 4) is 11.4 Å². The van der Waals surface area contributed by atoms with Gasteiger partial charge in [0.15, 0.2) is 0 Å². The molecule has 0 radical (unpaired) electrons. The van der Waals surface area contributed by atoms with Gasteiger partial charge < -0.3 is 4.52 Å². The van der Waals surface area contributed by atoms with E-state index in [-0.39, 0.29) is 5.82 Å². The number of rotatable bonds is 6. The average Bonchev–Trinajstić information content (AvgIpc) is 3.36. The van der Waals surface area contributed by atoms with Crippen LogP contribution in [0.1, 0.15) is 10.8 Å². The quantitative estimate of drug-likeness (QED) is 0.479. The summed E-state index contributed by atoms with van der Waals surface area (Å²) in [6.45, 7) is 0.623. The second-order valence-electron chi connectivity index (χ2n) is 5.01. The van der Waals surface area contributed by atoms with Gasteiger partial charge in [-0.2, -0.15) is 4.98 Å². The molecule has 126 valence electrons. The lowest BCUT2D eigenvalue weighted by Gasteiger charge is -2.00. The van der Waals surface area contributed by atoms with Crippen molar-refractivity contribution in [2.24, 2.45) is 0 Å². The molecule has 7 nitrogen and oxygen atoms in total. The number of hydrogen-bond acceptors (Lipinski definition) is 8. The molecule has 0 aliphatic rings. The molecule has 0 spiro atoms. The lowest BCUT2D eigenvalue weighted by atomic mass is 10.2. The molecule has 1 aromatic carbocycles. The molecule has 10 heteroatoms. The highest BCUT2D eigenvalue weighted by Gasteiger charge is 2.13. The molecule has 0 amide bonds. The van der Waals surface area contributed by atoms with Crippen LogP contribution >= 0.6 is 23.1 Å². The molecule has 0 atom stereocenters. The van der Waals surface area contributed by atoms with Crippen LogP contribution < -0.4 is 0 Å². The van der Waals surface area contributed by atoms with Gasteiger partial charge in [0.2, 0.25) is 16.9 Å². The van der Waals surface area contributed by atoms with E-state index in [9.17, 15) is 4.39 Å². The van der Waals surface area contributed by atoms with Gasteiger partial charge >= 0.3 is 0 Å². The lowest BCUT2D eigenvalue weighted by molar-refractivity contribution is 0.391. The normalized spacial score (nSPS) is 11.1. The summed E-state index contributed by atoms with van der Waals surface area (Å²) in [5, 5.41) is 18.4. The van der Waals surface area contributed by atoms with Crippen molar-refractivity contribution in [1.82, 2.24) is 30.3 Å². The zero-order valence-electron chi connectivity index (χ0n) is 12.7. The summed E-state index contributed by atoms with van der Waals surface area (Å²) in [5.74, 6) is 1.02. The maximum absolute atomic E-state index is 13.0. The first kappa shape index (κ1) is 15.9. The minimum absolute atomic E-state index is 0.305. The van der Waals surface area contributed by atoms with Gasteiger partial charge in [-0.15, -0.1) is 16.4 Å². The summed E-state index contributed by atoms with van der Waals surface area (Å²) in [6.07, 6.45) is 0. The highest BCUT2D eigenvalue weighted by Crippen LogP contribution is 2.23. The van der Waals surface area contributed by atoms with E-state index in [4.69, 9.17) is 4.52 Å². The first-order chi connectivity index (χ1) is 12.3. The van der Waals surface area contributed by atoms with E-state index in [1.54, 1.807) is 28.2 Å². The van der Waals surface area contributed by atoms with Crippen molar-refractivity contribution in [2.75, 3.05) is 0 Å². The van der Waals surface area contributed by atoms with E-state index in [0.29, 0.717) is 34.7 Å². The van der Waals surface area contributed by atoms with Crippen molar-refractivity contribution in [2.45, 2.75) is 17.5 Å². The molecule has 0 saturated heterocycles. The summed E-state index contributed by atoms with van der Waals surface area (Å²) in [7, 11) is 0. The summed E-state index contributed by atoms with van der Waals surface area (Å²) in [6, 6.07) is 9.97. The third-order valence-electron chi connectivity index (χ3n) is 3.28. The highest BCUT2D eigenvalue weighted by molar-refractivity contribution is 7.98. The second-order valence-corrected chi connectivity index (χ2v) is 6.98. The average molecular weight is 374 g/mol. The van der Waals surface area contributed by atoms with Crippen LogP contribution in [0.3, 0.4) is 0 Å². The van der Waals surface area contributed by atoms with Crippen LogP contribution in [-0.2, 0) is 12.3 Å². The zero-order valence-corrected chi connectivity index (χ0v) is 14.4. The molecule has 25 heavy (non-hydrogen) atoms. The SMILES string of the molecule is Fc1ccc(-c2noc(CSc3nnnn3Cc3cccs3)n2)cc1. The first-order valence-corrected chi connectivity index (χ1v) is 9.14. The molecule has 0 fully saturated rings. The third-order valence-corrected chi connectivity index (χ3v) is 5.08. The molecule has 4 rings (SSSR count). The molecule has 0 saturated carbocycles. The molecular weight excluding hydrogens is 363 g/mol. The van der Waals surface area contributed by atoms with Gasteiger partial charge in [-0.25, -0.2) is 9.07 Å². The predicted octanol–water partition coefficient (Wildman–Crippen LogP) is 3.26. The predicted molar refractivity (Wildman–Crippen MR) is 90.5 cm³/mol. The molecule has 0 N–H and O–H groups in total. The van der Waals surface area contributed by atoms with Gasteiger partial charge in [0.05, 0.1) is 12.3 Å². The van der Waals surface area contributed by atoms with Crippen LogP contribution in [0.25, 0.3) is 11.4 Å². The third kappa shape index (κ3) is 3.74. The monoisotopic (exact) mass is 374 g/mol. The summed E-state index contributed by atoms with van der Waals surface area (Å²) in [5.41, 5.74) is 0.698. The number of nitrogens with zero attached hydrogens (tertiary/aromatic N) is 6. The highest BCUT2D eigenvalue weighted by atomic mass is 32.2. The van der Waals surface area contributed by atoms with Crippen molar-refractivity contribution >= 4 is 23.1 Å². The number of thiophene rings is 1. The van der Waals surface area contributed by atoms with E-state index in [1.807, 2.05) is 17.5 Å². The number of aromatic nitrogens is 6. The zero-order chi connectivity index (χ0) is 17.1. The Morgan fingerprint density at radius 3 is 2.88 bits per heavy atom. The van der Waals surface area contributed by atoms with Crippen LogP contribution in [0.2, 0.25) is 0 Å². The fraction of sp³-hybridized carbons (Fsp3) is 0.133. The van der Waals surface area contributed by atoms with Crippen molar-refractivity contribution < 1.29 is 8.91 Å². The van der Waals surface area contributed by atoms with Crippen molar-refractivity contribution in [3.05, 3.63) is 58.4 Å². The molecule has 0 aliphatic carbocycles. The van der Waals surface area contributed by atoms with Gasteiger partial charge in [-0.05, 0) is 46.1 Å². The Morgan fingerprint density at radius 2 is 2.08 bits per heavy atom. The van der Waals surface area contributed by atoms with Gasteiger partial charge in [-0.3, -0.25) is 0 Å². The molecule has 4 aromatic rings. The van der Waals surface area contributed by atoms with Crippen molar-refractivity contribution in [1.29, 1.82) is 0 Å². The van der Waals surface area contributed by atoms with Gasteiger partial charge in [-0.1, -0.05) is 23.0 Å². The van der Waals surface area contributed by atoms with Gasteiger partial charge in [0.1, 0.15) is 5.82 Å². The Kier molecular flexibility index (Phi) is 4.53. The maximum Gasteiger partial charge on any atom is 0.237 e. The van der Waals surface area contributed by atoms with E-state index in [0.717, 1.165) is 0 Å². The summed E-state index contributed by atoms with van der Waals surface area (Å²) >= 11 is 3.07. The van der Waals surface area contributed by atoms with Crippen molar-refractivity contribution in [3.63, 3.8) is 0 Å². The van der Waals surface area contributed by atoms with Crippen LogP contribution in [0.4, 0.5) is 4.39 Å². The fourth-order valence-corrected chi connectivity index (χ4v) is 3.51. The van der Waals surface area contributed by atoms with E-state index in [2.05, 4.69) is 25.7 Å². The van der Waals surface area contributed by atoms with Crippen LogP contribution in [0.15, 0.2) is 51.5 Å². The largest absolute Gasteiger partial charge is 0.338 e. The summed E-state index contributed by atoms with van der Waals surface area (Å²) < 4.78 is 19.9. The molecular formula is C15H11FN6OS2. The van der Waals surface area contributed by atoms with Crippen LogP contribution in [0.5, 0.6) is 0 Å². The minimum Gasteiger partial charge on any atom is -0.338 e. The number of tetrazole rings is 1. The Morgan fingerprint density at radius 1 is 1.20 bits per heavy atom. The van der Waals surface area contributed by atoms with E-state index < -0.39 is 0 Å². The summed E-state index contributed by atoms with van der Waals surface area (Å²) in [4.78, 5) is 5.49. The van der Waals surface area contributed by atoms with E-state index in [1.165, 1.54) is 28.8 Å². The first-order valence-electron chi connectivity index (χ1n) is 7.28. The van der Waals surface area contributed by atoms with Gasteiger partial charge in [0, 0.05) is 10.4 Å². The Balaban J connectivity index is 1.42.